The molecule has 0 rings (SSSR count). The van der Waals surface area contributed by atoms with Gasteiger partial charge in [-0.2, -0.15) is 0 Å². The van der Waals surface area contributed by atoms with Crippen molar-refractivity contribution in [1.82, 2.24) is 8.61 Å². The van der Waals surface area contributed by atoms with Crippen molar-refractivity contribution in [2.75, 3.05) is 26.2 Å². The van der Waals surface area contributed by atoms with Gasteiger partial charge >= 0.3 is 0 Å². The second-order valence-corrected chi connectivity index (χ2v) is 6.44. The van der Waals surface area contributed by atoms with Crippen molar-refractivity contribution in [2.45, 2.75) is 27.7 Å². The maximum Gasteiger partial charge on any atom is 0.00858 e. The third kappa shape index (κ3) is 6.96. The van der Waals surface area contributed by atoms with Gasteiger partial charge in [0.25, 0.3) is 0 Å². The van der Waals surface area contributed by atoms with Gasteiger partial charge in [-0.3, -0.25) is 0 Å². The average molecular weight is 240 g/mol. The van der Waals surface area contributed by atoms with Gasteiger partial charge in [0.15, 0.2) is 0 Å². The Morgan fingerprint density at radius 3 is 1.23 bits per heavy atom. The third-order valence-electron chi connectivity index (χ3n) is 1.68. The van der Waals surface area contributed by atoms with Gasteiger partial charge in [-0.1, -0.05) is 27.7 Å². The molecule has 0 aliphatic carbocycles. The molecule has 0 aromatic heterocycles. The summed E-state index contributed by atoms with van der Waals surface area (Å²) in [7, 11) is 5.56. The molecular weight excluding hydrogens is 220 g/mol. The molecule has 0 fully saturated rings. The van der Waals surface area contributed by atoms with E-state index in [0.717, 1.165) is 26.2 Å². The molecule has 0 saturated carbocycles. The average Bonchev–Trinajstić information content (AvgIpc) is 2.19. The van der Waals surface area contributed by atoms with E-state index in [9.17, 15) is 0 Å². The molecule has 5 heteroatoms. The lowest BCUT2D eigenvalue weighted by atomic mass is 10.7. The minimum atomic E-state index is 1.12. The maximum atomic E-state index is 2.35. The summed E-state index contributed by atoms with van der Waals surface area (Å²) < 4.78 is 4.70. The standard InChI is InChI=1S/C8H20N2S3/c1-5-9(6-2)11-13-12-10(7-3)8-4/h5-8H2,1-4H3. The molecule has 0 N–H and O–H groups in total. The van der Waals surface area contributed by atoms with Gasteiger partial charge in [0, 0.05) is 58.0 Å². The van der Waals surface area contributed by atoms with Crippen LogP contribution in [-0.4, -0.2) is 34.8 Å². The quantitative estimate of drug-likeness (QED) is 0.471. The van der Waals surface area contributed by atoms with Crippen molar-refractivity contribution in [1.29, 1.82) is 0 Å². The van der Waals surface area contributed by atoms with Gasteiger partial charge in [0.2, 0.25) is 0 Å². The van der Waals surface area contributed by atoms with Crippen LogP contribution in [0.15, 0.2) is 0 Å². The highest BCUT2D eigenvalue weighted by Crippen LogP contribution is 2.38. The Hall–Kier alpha value is 0.970. The molecule has 0 spiro atoms. The fourth-order valence-corrected chi connectivity index (χ4v) is 5.04. The zero-order chi connectivity index (χ0) is 10.1. The van der Waals surface area contributed by atoms with E-state index in [1.165, 1.54) is 0 Å². The topological polar surface area (TPSA) is 6.48 Å². The predicted molar refractivity (Wildman–Crippen MR) is 68.6 cm³/mol. The molecule has 0 saturated heterocycles. The van der Waals surface area contributed by atoms with Crippen LogP contribution in [0.25, 0.3) is 0 Å². The molecule has 0 radical (unpaired) electrons. The SMILES string of the molecule is CCN(CC)SSSN(CC)CC. The summed E-state index contributed by atoms with van der Waals surface area (Å²) in [6.45, 7) is 13.2. The summed E-state index contributed by atoms with van der Waals surface area (Å²) in [5, 5.41) is 0. The van der Waals surface area contributed by atoms with E-state index in [2.05, 4.69) is 36.3 Å². The zero-order valence-electron chi connectivity index (χ0n) is 8.95. The first-order valence-electron chi connectivity index (χ1n) is 4.79. The van der Waals surface area contributed by atoms with E-state index in [1.807, 2.05) is 31.8 Å². The zero-order valence-corrected chi connectivity index (χ0v) is 11.4. The highest BCUT2D eigenvalue weighted by atomic mass is 33.5. The highest BCUT2D eigenvalue weighted by molar-refractivity contribution is 9.08. The minimum Gasteiger partial charge on any atom is -0.241 e. The van der Waals surface area contributed by atoms with Crippen LogP contribution in [0, 0.1) is 0 Å². The van der Waals surface area contributed by atoms with Gasteiger partial charge in [0.05, 0.1) is 0 Å². The van der Waals surface area contributed by atoms with E-state index in [-0.39, 0.29) is 0 Å². The molecular formula is C8H20N2S3. The minimum absolute atomic E-state index is 1.12. The second kappa shape index (κ2) is 9.52. The largest absolute Gasteiger partial charge is 0.241 e. The van der Waals surface area contributed by atoms with E-state index >= 15 is 0 Å². The summed E-state index contributed by atoms with van der Waals surface area (Å²) in [6.07, 6.45) is 0. The molecule has 0 aliphatic heterocycles. The predicted octanol–water partition coefficient (Wildman–Crippen LogP) is 3.53. The lowest BCUT2D eigenvalue weighted by Crippen LogP contribution is -2.14. The van der Waals surface area contributed by atoms with Gasteiger partial charge in [-0.15, -0.1) is 0 Å². The fourth-order valence-electron chi connectivity index (χ4n) is 0.758. The van der Waals surface area contributed by atoms with E-state index in [0.29, 0.717) is 0 Å². The Morgan fingerprint density at radius 1 is 0.692 bits per heavy atom. The summed E-state index contributed by atoms with van der Waals surface area (Å²) in [4.78, 5) is 0. The Bertz CT molecular complexity index is 93.6. The lowest BCUT2D eigenvalue weighted by molar-refractivity contribution is 0.529. The normalized spacial score (nSPS) is 11.5. The van der Waals surface area contributed by atoms with Crippen molar-refractivity contribution >= 4 is 31.8 Å². The number of hydrogen-bond donors (Lipinski definition) is 0. The number of nitrogens with zero attached hydrogens (tertiary/aromatic N) is 2. The van der Waals surface area contributed by atoms with E-state index < -0.39 is 0 Å². The summed E-state index contributed by atoms with van der Waals surface area (Å²) >= 11 is 0. The second-order valence-electron chi connectivity index (χ2n) is 2.45. The Morgan fingerprint density at radius 2 is 1.00 bits per heavy atom. The van der Waals surface area contributed by atoms with Crippen molar-refractivity contribution in [3.8, 4) is 0 Å². The van der Waals surface area contributed by atoms with Crippen LogP contribution >= 0.6 is 31.8 Å². The van der Waals surface area contributed by atoms with Crippen molar-refractivity contribution in [3.63, 3.8) is 0 Å². The van der Waals surface area contributed by atoms with Gasteiger partial charge in [-0.05, 0) is 0 Å². The molecule has 80 valence electrons. The molecule has 0 unspecified atom stereocenters. The van der Waals surface area contributed by atoms with Gasteiger partial charge in [0.1, 0.15) is 0 Å². The Balaban J connectivity index is 3.41. The molecule has 0 amide bonds. The summed E-state index contributed by atoms with van der Waals surface area (Å²) in [6, 6.07) is 0. The van der Waals surface area contributed by atoms with E-state index in [1.54, 1.807) is 0 Å². The molecule has 0 heterocycles. The molecule has 2 nitrogen and oxygen atoms in total. The smallest absolute Gasteiger partial charge is 0.00858 e. The van der Waals surface area contributed by atoms with Gasteiger partial charge in [-0.25, -0.2) is 8.61 Å². The lowest BCUT2D eigenvalue weighted by Gasteiger charge is -2.18. The molecule has 0 bridgehead atoms. The highest BCUT2D eigenvalue weighted by Gasteiger charge is 2.04. The van der Waals surface area contributed by atoms with Crippen LogP contribution in [0.4, 0.5) is 0 Å². The van der Waals surface area contributed by atoms with Crippen molar-refractivity contribution < 1.29 is 0 Å². The molecule has 0 aromatic carbocycles. The maximum absolute atomic E-state index is 2.35. The van der Waals surface area contributed by atoms with Crippen LogP contribution < -0.4 is 0 Å². The summed E-state index contributed by atoms with van der Waals surface area (Å²) in [5.74, 6) is 0. The van der Waals surface area contributed by atoms with E-state index in [4.69, 9.17) is 0 Å². The Kier molecular flexibility index (Phi) is 10.2. The van der Waals surface area contributed by atoms with Crippen LogP contribution in [0.1, 0.15) is 27.7 Å². The van der Waals surface area contributed by atoms with Crippen molar-refractivity contribution in [3.05, 3.63) is 0 Å². The monoisotopic (exact) mass is 240 g/mol. The van der Waals surface area contributed by atoms with Crippen molar-refractivity contribution in [2.24, 2.45) is 0 Å². The fraction of sp³-hybridized carbons (Fsp3) is 1.00. The molecule has 0 aromatic rings. The molecule has 13 heavy (non-hydrogen) atoms. The first kappa shape index (κ1) is 14.0. The third-order valence-corrected chi connectivity index (χ3v) is 5.98. The van der Waals surface area contributed by atoms with Crippen LogP contribution in [-0.2, 0) is 0 Å². The number of rotatable bonds is 8. The molecule has 0 atom stereocenters. The molecule has 0 aliphatic rings. The van der Waals surface area contributed by atoms with Crippen LogP contribution in [0.5, 0.6) is 0 Å². The first-order valence-corrected chi connectivity index (χ1v) is 8.19. The summed E-state index contributed by atoms with van der Waals surface area (Å²) in [5.41, 5.74) is 0. The van der Waals surface area contributed by atoms with Crippen LogP contribution in [0.2, 0.25) is 0 Å². The van der Waals surface area contributed by atoms with Gasteiger partial charge < -0.3 is 0 Å². The number of hydrogen-bond acceptors (Lipinski definition) is 5. The Labute approximate surface area is 94.3 Å². The first-order chi connectivity index (χ1) is 6.28. The van der Waals surface area contributed by atoms with Crippen LogP contribution in [0.3, 0.4) is 0 Å².